The summed E-state index contributed by atoms with van der Waals surface area (Å²) in [5, 5.41) is 5.34. The van der Waals surface area contributed by atoms with Gasteiger partial charge >= 0.3 is 0 Å². The maximum atomic E-state index is 5.68. The van der Waals surface area contributed by atoms with Crippen LogP contribution in [0.25, 0.3) is 10.8 Å². The van der Waals surface area contributed by atoms with E-state index >= 15 is 0 Å². The van der Waals surface area contributed by atoms with Crippen molar-refractivity contribution in [3.63, 3.8) is 0 Å². The van der Waals surface area contributed by atoms with Crippen molar-refractivity contribution in [3.8, 4) is 10.8 Å². The summed E-state index contributed by atoms with van der Waals surface area (Å²) < 4.78 is 5.30. The van der Waals surface area contributed by atoms with Gasteiger partial charge in [-0.25, -0.2) is 4.98 Å². The van der Waals surface area contributed by atoms with Gasteiger partial charge in [-0.2, -0.15) is 16.7 Å². The average Bonchev–Trinajstić information content (AvgIpc) is 3.08. The van der Waals surface area contributed by atoms with Crippen LogP contribution in [0.5, 0.6) is 0 Å². The average molecular weight is 296 g/mol. The van der Waals surface area contributed by atoms with Crippen molar-refractivity contribution in [2.45, 2.75) is 43.6 Å². The SMILES string of the molecule is Cc1nc(N)sc1-c1nc(CSC2CCCC2)no1. The third-order valence-electron chi connectivity index (χ3n) is 3.23. The van der Waals surface area contributed by atoms with E-state index in [-0.39, 0.29) is 0 Å². The number of hydrogen-bond donors (Lipinski definition) is 1. The number of nitrogens with two attached hydrogens (primary N) is 1. The van der Waals surface area contributed by atoms with Gasteiger partial charge in [-0.05, 0) is 19.8 Å². The lowest BCUT2D eigenvalue weighted by atomic mass is 10.4. The standard InChI is InChI=1S/C12H16N4OS2/c1-7-10(19-12(13)14-7)11-15-9(16-17-11)6-18-8-4-2-3-5-8/h8H,2-6H2,1H3,(H2,13,14). The lowest BCUT2D eigenvalue weighted by Gasteiger charge is -2.04. The van der Waals surface area contributed by atoms with E-state index in [1.807, 2.05) is 18.7 Å². The Morgan fingerprint density at radius 1 is 1.37 bits per heavy atom. The van der Waals surface area contributed by atoms with Gasteiger partial charge in [0, 0.05) is 5.25 Å². The highest BCUT2D eigenvalue weighted by molar-refractivity contribution is 7.99. The Bertz CT molecular complexity index is 560. The summed E-state index contributed by atoms with van der Waals surface area (Å²) >= 11 is 3.32. The molecule has 1 saturated carbocycles. The first kappa shape index (κ1) is 12.9. The second kappa shape index (κ2) is 5.50. The Balaban J connectivity index is 1.67. The summed E-state index contributed by atoms with van der Waals surface area (Å²) in [7, 11) is 0. The first-order chi connectivity index (χ1) is 9.22. The minimum Gasteiger partial charge on any atom is -0.375 e. The second-order valence-corrected chi connectivity index (χ2v) is 7.02. The second-order valence-electron chi connectivity index (χ2n) is 4.70. The molecule has 2 N–H and O–H groups in total. The van der Waals surface area contributed by atoms with Gasteiger partial charge in [-0.15, -0.1) is 0 Å². The van der Waals surface area contributed by atoms with Crippen LogP contribution in [0.1, 0.15) is 37.2 Å². The molecule has 2 aromatic rings. The molecule has 19 heavy (non-hydrogen) atoms. The molecule has 0 spiro atoms. The summed E-state index contributed by atoms with van der Waals surface area (Å²) in [4.78, 5) is 9.48. The Hall–Kier alpha value is -1.08. The molecule has 0 atom stereocenters. The zero-order valence-electron chi connectivity index (χ0n) is 10.8. The molecule has 2 heterocycles. The monoisotopic (exact) mass is 296 g/mol. The summed E-state index contributed by atoms with van der Waals surface area (Å²) in [6.07, 6.45) is 5.35. The van der Waals surface area contributed by atoms with E-state index in [2.05, 4.69) is 15.1 Å². The van der Waals surface area contributed by atoms with Crippen LogP contribution in [-0.2, 0) is 5.75 Å². The van der Waals surface area contributed by atoms with E-state index in [9.17, 15) is 0 Å². The van der Waals surface area contributed by atoms with Gasteiger partial charge in [0.05, 0.1) is 11.4 Å². The van der Waals surface area contributed by atoms with Crippen LogP contribution in [0.4, 0.5) is 5.13 Å². The number of hydrogen-bond acceptors (Lipinski definition) is 7. The molecule has 1 aliphatic carbocycles. The van der Waals surface area contributed by atoms with E-state index in [0.29, 0.717) is 11.0 Å². The minimum atomic E-state index is 0.535. The molecule has 0 aromatic carbocycles. The van der Waals surface area contributed by atoms with E-state index < -0.39 is 0 Å². The van der Waals surface area contributed by atoms with E-state index in [1.54, 1.807) is 0 Å². The molecule has 0 unspecified atom stereocenters. The zero-order valence-corrected chi connectivity index (χ0v) is 12.4. The molecule has 2 aromatic heterocycles. The molecule has 102 valence electrons. The van der Waals surface area contributed by atoms with Crippen molar-refractivity contribution >= 4 is 28.2 Å². The van der Waals surface area contributed by atoms with Crippen molar-refractivity contribution in [2.75, 3.05) is 5.73 Å². The topological polar surface area (TPSA) is 77.8 Å². The maximum Gasteiger partial charge on any atom is 0.270 e. The number of nitrogen functional groups attached to an aromatic ring is 1. The smallest absolute Gasteiger partial charge is 0.270 e. The van der Waals surface area contributed by atoms with E-state index in [1.165, 1.54) is 37.0 Å². The Kier molecular flexibility index (Phi) is 3.74. The van der Waals surface area contributed by atoms with Gasteiger partial charge in [-0.3, -0.25) is 0 Å². The number of anilines is 1. The third kappa shape index (κ3) is 2.92. The normalized spacial score (nSPS) is 16.3. The fraction of sp³-hybridized carbons (Fsp3) is 0.583. The Morgan fingerprint density at radius 3 is 2.84 bits per heavy atom. The van der Waals surface area contributed by atoms with Crippen molar-refractivity contribution in [2.24, 2.45) is 0 Å². The number of aromatic nitrogens is 3. The fourth-order valence-corrected chi connectivity index (χ4v) is 4.19. The number of aryl methyl sites for hydroxylation is 1. The van der Waals surface area contributed by atoms with Crippen LogP contribution in [0.15, 0.2) is 4.52 Å². The predicted octanol–water partition coefficient (Wildman–Crippen LogP) is 3.26. The highest BCUT2D eigenvalue weighted by Gasteiger charge is 2.18. The number of rotatable bonds is 4. The highest BCUT2D eigenvalue weighted by Crippen LogP contribution is 2.33. The molecule has 0 radical (unpaired) electrons. The molecule has 3 rings (SSSR count). The largest absolute Gasteiger partial charge is 0.375 e. The quantitative estimate of drug-likeness (QED) is 0.933. The van der Waals surface area contributed by atoms with Crippen LogP contribution in [0.3, 0.4) is 0 Å². The van der Waals surface area contributed by atoms with Gasteiger partial charge in [0.1, 0.15) is 4.88 Å². The number of thioether (sulfide) groups is 1. The Morgan fingerprint density at radius 2 is 2.16 bits per heavy atom. The van der Waals surface area contributed by atoms with Crippen LogP contribution >= 0.6 is 23.1 Å². The number of thiazole rings is 1. The number of nitrogens with zero attached hydrogens (tertiary/aromatic N) is 3. The molecule has 1 fully saturated rings. The first-order valence-corrected chi connectivity index (χ1v) is 8.26. The third-order valence-corrected chi connectivity index (χ3v) is 5.57. The zero-order chi connectivity index (χ0) is 13.2. The van der Waals surface area contributed by atoms with Crippen LogP contribution in [0, 0.1) is 6.92 Å². The lowest BCUT2D eigenvalue weighted by molar-refractivity contribution is 0.425. The molecule has 0 amide bonds. The van der Waals surface area contributed by atoms with E-state index in [0.717, 1.165) is 27.4 Å². The summed E-state index contributed by atoms with van der Waals surface area (Å²) in [6, 6.07) is 0. The predicted molar refractivity (Wildman–Crippen MR) is 78.1 cm³/mol. The van der Waals surface area contributed by atoms with Gasteiger partial charge in [0.2, 0.25) is 0 Å². The molecule has 5 nitrogen and oxygen atoms in total. The van der Waals surface area contributed by atoms with Crippen molar-refractivity contribution in [1.82, 2.24) is 15.1 Å². The molecule has 0 bridgehead atoms. The van der Waals surface area contributed by atoms with Crippen molar-refractivity contribution in [3.05, 3.63) is 11.5 Å². The van der Waals surface area contributed by atoms with Gasteiger partial charge in [-0.1, -0.05) is 29.3 Å². The minimum absolute atomic E-state index is 0.535. The van der Waals surface area contributed by atoms with E-state index in [4.69, 9.17) is 10.3 Å². The fourth-order valence-electron chi connectivity index (χ4n) is 2.27. The van der Waals surface area contributed by atoms with Gasteiger partial charge < -0.3 is 10.3 Å². The Labute approximate surface area is 120 Å². The summed E-state index contributed by atoms with van der Waals surface area (Å²) in [6.45, 7) is 1.90. The van der Waals surface area contributed by atoms with Gasteiger partial charge in [0.15, 0.2) is 11.0 Å². The maximum absolute atomic E-state index is 5.68. The molecule has 0 saturated heterocycles. The first-order valence-electron chi connectivity index (χ1n) is 6.40. The van der Waals surface area contributed by atoms with Crippen molar-refractivity contribution < 1.29 is 4.52 Å². The van der Waals surface area contributed by atoms with Crippen molar-refractivity contribution in [1.29, 1.82) is 0 Å². The molecular formula is C12H16N4OS2. The van der Waals surface area contributed by atoms with Crippen LogP contribution in [-0.4, -0.2) is 20.4 Å². The van der Waals surface area contributed by atoms with Gasteiger partial charge in [0.25, 0.3) is 5.89 Å². The lowest BCUT2D eigenvalue weighted by Crippen LogP contribution is -1.95. The van der Waals surface area contributed by atoms with Crippen LogP contribution < -0.4 is 5.73 Å². The molecule has 0 aliphatic heterocycles. The van der Waals surface area contributed by atoms with Crippen LogP contribution in [0.2, 0.25) is 0 Å². The molecular weight excluding hydrogens is 280 g/mol. The molecule has 7 heteroatoms. The summed E-state index contributed by atoms with van der Waals surface area (Å²) in [5.41, 5.74) is 6.53. The summed E-state index contributed by atoms with van der Waals surface area (Å²) in [5.74, 6) is 2.12. The highest BCUT2D eigenvalue weighted by atomic mass is 32.2. The molecule has 1 aliphatic rings.